The van der Waals surface area contributed by atoms with Crippen molar-refractivity contribution in [2.45, 2.75) is 25.0 Å². The van der Waals surface area contributed by atoms with Crippen LogP contribution < -0.4 is 10.0 Å². The lowest BCUT2D eigenvalue weighted by Crippen LogP contribution is -2.12. The van der Waals surface area contributed by atoms with Crippen LogP contribution in [0.2, 0.25) is 0 Å². The second-order valence-electron chi connectivity index (χ2n) is 4.41. The topological polar surface area (TPSA) is 71.3 Å². The van der Waals surface area contributed by atoms with E-state index in [4.69, 9.17) is 4.42 Å². The summed E-state index contributed by atoms with van der Waals surface area (Å²) < 4.78 is 32.2. The summed E-state index contributed by atoms with van der Waals surface area (Å²) in [4.78, 5) is 0. The van der Waals surface area contributed by atoms with Gasteiger partial charge in [-0.2, -0.15) is 8.42 Å². The van der Waals surface area contributed by atoms with Crippen molar-refractivity contribution in [3.05, 3.63) is 47.7 Å². The van der Waals surface area contributed by atoms with Gasteiger partial charge in [0.1, 0.15) is 5.76 Å². The quantitative estimate of drug-likeness (QED) is 0.858. The Morgan fingerprint density at radius 3 is 2.70 bits per heavy atom. The van der Waals surface area contributed by atoms with Gasteiger partial charge in [-0.05, 0) is 43.3 Å². The van der Waals surface area contributed by atoms with Crippen LogP contribution in [0.4, 0.5) is 5.69 Å². The Kier molecular flexibility index (Phi) is 4.46. The predicted octanol–water partition coefficient (Wildman–Crippen LogP) is 2.36. The number of nitrogens with one attached hydrogen (secondary N) is 2. The second-order valence-corrected chi connectivity index (χ2v) is 6.02. The second kappa shape index (κ2) is 6.11. The van der Waals surface area contributed by atoms with E-state index in [0.29, 0.717) is 18.0 Å². The van der Waals surface area contributed by atoms with E-state index in [1.54, 1.807) is 19.2 Å². The van der Waals surface area contributed by atoms with Gasteiger partial charge in [0.25, 0.3) is 10.0 Å². The first-order chi connectivity index (χ1) is 9.55. The van der Waals surface area contributed by atoms with Crippen molar-refractivity contribution in [1.82, 2.24) is 5.32 Å². The van der Waals surface area contributed by atoms with Gasteiger partial charge in [-0.1, -0.05) is 19.1 Å². The molecule has 0 bridgehead atoms. The largest absolute Gasteiger partial charge is 0.446 e. The van der Waals surface area contributed by atoms with Crippen molar-refractivity contribution in [2.24, 2.45) is 0 Å². The third-order valence-corrected chi connectivity index (χ3v) is 4.09. The number of sulfonamides is 1. The highest BCUT2D eigenvalue weighted by Crippen LogP contribution is 2.19. The highest BCUT2D eigenvalue weighted by molar-refractivity contribution is 7.92. The van der Waals surface area contributed by atoms with Crippen LogP contribution in [0.5, 0.6) is 0 Å². The van der Waals surface area contributed by atoms with Crippen molar-refractivity contribution >= 4 is 15.7 Å². The summed E-state index contributed by atoms with van der Waals surface area (Å²) in [7, 11) is -1.91. The highest BCUT2D eigenvalue weighted by Gasteiger charge is 2.18. The summed E-state index contributed by atoms with van der Waals surface area (Å²) >= 11 is 0. The number of anilines is 1. The van der Waals surface area contributed by atoms with E-state index in [1.807, 2.05) is 25.1 Å². The Hall–Kier alpha value is -1.79. The third-order valence-electron chi connectivity index (χ3n) is 2.84. The van der Waals surface area contributed by atoms with E-state index in [1.165, 1.54) is 6.07 Å². The van der Waals surface area contributed by atoms with Crippen LogP contribution in [-0.2, 0) is 23.0 Å². The SMILES string of the molecule is CCc1cccc(NS(=O)(=O)c2ccc(CNC)o2)c1. The Labute approximate surface area is 119 Å². The molecule has 5 nitrogen and oxygen atoms in total. The number of hydrogen-bond acceptors (Lipinski definition) is 4. The maximum absolute atomic E-state index is 12.2. The van der Waals surface area contributed by atoms with E-state index in [2.05, 4.69) is 10.0 Å². The van der Waals surface area contributed by atoms with Gasteiger partial charge in [0.15, 0.2) is 0 Å². The number of aryl methyl sites for hydroxylation is 1. The van der Waals surface area contributed by atoms with Gasteiger partial charge in [0.2, 0.25) is 5.09 Å². The molecular formula is C14H18N2O3S. The fraction of sp³-hybridized carbons (Fsp3) is 0.286. The molecule has 0 aliphatic heterocycles. The van der Waals surface area contributed by atoms with E-state index >= 15 is 0 Å². The first-order valence-electron chi connectivity index (χ1n) is 6.40. The van der Waals surface area contributed by atoms with Crippen LogP contribution in [0.15, 0.2) is 45.9 Å². The molecular weight excluding hydrogens is 276 g/mol. The number of benzene rings is 1. The van der Waals surface area contributed by atoms with Crippen molar-refractivity contribution in [3.63, 3.8) is 0 Å². The molecule has 2 N–H and O–H groups in total. The van der Waals surface area contributed by atoms with Crippen LogP contribution in [0.1, 0.15) is 18.2 Å². The van der Waals surface area contributed by atoms with Gasteiger partial charge in [-0.3, -0.25) is 4.72 Å². The summed E-state index contributed by atoms with van der Waals surface area (Å²) in [6.45, 7) is 2.50. The number of rotatable bonds is 6. The smallest absolute Gasteiger partial charge is 0.295 e. The lowest BCUT2D eigenvalue weighted by molar-refractivity contribution is 0.408. The van der Waals surface area contributed by atoms with Gasteiger partial charge < -0.3 is 9.73 Å². The van der Waals surface area contributed by atoms with Gasteiger partial charge in [-0.25, -0.2) is 0 Å². The summed E-state index contributed by atoms with van der Waals surface area (Å²) in [6.07, 6.45) is 0.850. The zero-order chi connectivity index (χ0) is 14.6. The molecule has 0 saturated carbocycles. The summed E-state index contributed by atoms with van der Waals surface area (Å²) in [6, 6.07) is 10.4. The average molecular weight is 294 g/mol. The van der Waals surface area contributed by atoms with E-state index in [9.17, 15) is 8.42 Å². The van der Waals surface area contributed by atoms with E-state index in [0.717, 1.165) is 12.0 Å². The molecule has 0 fully saturated rings. The molecule has 0 unspecified atom stereocenters. The maximum atomic E-state index is 12.2. The Morgan fingerprint density at radius 2 is 2.00 bits per heavy atom. The molecule has 0 aliphatic rings. The zero-order valence-electron chi connectivity index (χ0n) is 11.5. The molecule has 0 spiro atoms. The lowest BCUT2D eigenvalue weighted by Gasteiger charge is -2.07. The van der Waals surface area contributed by atoms with Crippen LogP contribution in [0.25, 0.3) is 0 Å². The molecule has 2 aromatic rings. The van der Waals surface area contributed by atoms with Crippen molar-refractivity contribution in [3.8, 4) is 0 Å². The first-order valence-corrected chi connectivity index (χ1v) is 7.88. The molecule has 108 valence electrons. The molecule has 1 heterocycles. The Bertz CT molecular complexity index is 677. The molecule has 0 saturated heterocycles. The molecule has 0 radical (unpaired) electrons. The monoisotopic (exact) mass is 294 g/mol. The van der Waals surface area contributed by atoms with Gasteiger partial charge in [0, 0.05) is 5.69 Å². The Morgan fingerprint density at radius 1 is 1.20 bits per heavy atom. The highest BCUT2D eigenvalue weighted by atomic mass is 32.2. The third kappa shape index (κ3) is 3.40. The fourth-order valence-electron chi connectivity index (χ4n) is 1.83. The maximum Gasteiger partial charge on any atom is 0.295 e. The number of furan rings is 1. The van der Waals surface area contributed by atoms with Crippen LogP contribution in [-0.4, -0.2) is 15.5 Å². The fourth-order valence-corrected chi connectivity index (χ4v) is 2.83. The van der Waals surface area contributed by atoms with E-state index < -0.39 is 10.0 Å². The molecule has 1 aromatic carbocycles. The van der Waals surface area contributed by atoms with Crippen molar-refractivity contribution < 1.29 is 12.8 Å². The molecule has 6 heteroatoms. The lowest BCUT2D eigenvalue weighted by atomic mass is 10.1. The van der Waals surface area contributed by atoms with Crippen molar-refractivity contribution in [2.75, 3.05) is 11.8 Å². The first kappa shape index (κ1) is 14.6. The molecule has 20 heavy (non-hydrogen) atoms. The van der Waals surface area contributed by atoms with Crippen LogP contribution in [0.3, 0.4) is 0 Å². The molecule has 1 aromatic heterocycles. The normalized spacial score (nSPS) is 11.5. The minimum Gasteiger partial charge on any atom is -0.446 e. The van der Waals surface area contributed by atoms with Crippen molar-refractivity contribution in [1.29, 1.82) is 0 Å². The van der Waals surface area contributed by atoms with Gasteiger partial charge >= 0.3 is 0 Å². The molecule has 0 amide bonds. The standard InChI is InChI=1S/C14H18N2O3S/c1-3-11-5-4-6-12(9-11)16-20(17,18)14-8-7-13(19-14)10-15-2/h4-9,15-16H,3,10H2,1-2H3. The minimum atomic E-state index is -3.68. The Balaban J connectivity index is 2.21. The van der Waals surface area contributed by atoms with E-state index in [-0.39, 0.29) is 5.09 Å². The molecule has 0 aliphatic carbocycles. The molecule has 0 atom stereocenters. The summed E-state index contributed by atoms with van der Waals surface area (Å²) in [5, 5.41) is 2.83. The predicted molar refractivity (Wildman–Crippen MR) is 78.1 cm³/mol. The van der Waals surface area contributed by atoms with Crippen LogP contribution >= 0.6 is 0 Å². The number of hydrogen-bond donors (Lipinski definition) is 2. The van der Waals surface area contributed by atoms with Gasteiger partial charge in [0.05, 0.1) is 6.54 Å². The minimum absolute atomic E-state index is 0.0790. The van der Waals surface area contributed by atoms with Gasteiger partial charge in [-0.15, -0.1) is 0 Å². The van der Waals surface area contributed by atoms with Crippen LogP contribution in [0, 0.1) is 0 Å². The molecule has 2 rings (SSSR count). The summed E-state index contributed by atoms with van der Waals surface area (Å²) in [5.74, 6) is 0.579. The average Bonchev–Trinajstić information content (AvgIpc) is 2.88. The zero-order valence-corrected chi connectivity index (χ0v) is 12.3. The summed E-state index contributed by atoms with van der Waals surface area (Å²) in [5.41, 5.74) is 1.61.